The van der Waals surface area contributed by atoms with Crippen LogP contribution in [0, 0.1) is 0 Å². The second-order valence-corrected chi connectivity index (χ2v) is 9.25. The lowest BCUT2D eigenvalue weighted by Crippen LogP contribution is -2.12. The van der Waals surface area contributed by atoms with Crippen LogP contribution in [0.3, 0.4) is 0 Å². The van der Waals surface area contributed by atoms with Gasteiger partial charge in [-0.1, -0.05) is 75.2 Å². The van der Waals surface area contributed by atoms with Crippen LogP contribution in [-0.2, 0) is 12.8 Å². The SMILES string of the molecule is CCCc1ccc(C2CSC(c3ccc(CCC)cc3)SC2)cc1. The summed E-state index contributed by atoms with van der Waals surface area (Å²) in [7, 11) is 0. The zero-order chi connectivity index (χ0) is 16.8. The molecule has 0 N–H and O–H groups in total. The van der Waals surface area contributed by atoms with Crippen molar-refractivity contribution < 1.29 is 0 Å². The molecule has 0 atom stereocenters. The second kappa shape index (κ2) is 9.01. The maximum atomic E-state index is 2.36. The van der Waals surface area contributed by atoms with Gasteiger partial charge in [-0.15, -0.1) is 23.5 Å². The van der Waals surface area contributed by atoms with Crippen LogP contribution in [0.5, 0.6) is 0 Å². The molecule has 24 heavy (non-hydrogen) atoms. The van der Waals surface area contributed by atoms with Crippen molar-refractivity contribution in [2.75, 3.05) is 11.5 Å². The van der Waals surface area contributed by atoms with Crippen molar-refractivity contribution >= 4 is 23.5 Å². The Morgan fingerprint density at radius 2 is 1.17 bits per heavy atom. The fraction of sp³-hybridized carbons (Fsp3) is 0.455. The van der Waals surface area contributed by atoms with E-state index in [0.717, 1.165) is 0 Å². The molecule has 0 aromatic heterocycles. The summed E-state index contributed by atoms with van der Waals surface area (Å²) in [6.45, 7) is 4.49. The second-order valence-electron chi connectivity index (χ2n) is 6.68. The molecule has 1 heterocycles. The minimum atomic E-state index is 0.608. The van der Waals surface area contributed by atoms with Gasteiger partial charge in [0.05, 0.1) is 4.58 Å². The third-order valence-electron chi connectivity index (χ3n) is 4.68. The van der Waals surface area contributed by atoms with Crippen LogP contribution in [0.4, 0.5) is 0 Å². The Kier molecular flexibility index (Phi) is 6.74. The molecule has 0 unspecified atom stereocenters. The van der Waals surface area contributed by atoms with E-state index in [1.165, 1.54) is 59.4 Å². The Bertz CT molecular complexity index is 550. The minimum absolute atomic E-state index is 0.608. The summed E-state index contributed by atoms with van der Waals surface area (Å²) in [5.41, 5.74) is 5.95. The van der Waals surface area contributed by atoms with Gasteiger partial charge < -0.3 is 0 Å². The van der Waals surface area contributed by atoms with E-state index in [1.54, 1.807) is 0 Å². The summed E-state index contributed by atoms with van der Waals surface area (Å²) in [4.78, 5) is 0. The largest absolute Gasteiger partial charge is 0.142 e. The Morgan fingerprint density at radius 3 is 1.62 bits per heavy atom. The number of aryl methyl sites for hydroxylation is 2. The smallest absolute Gasteiger partial charge is 0.0751 e. The van der Waals surface area contributed by atoms with Gasteiger partial charge >= 0.3 is 0 Å². The average molecular weight is 357 g/mol. The summed E-state index contributed by atoms with van der Waals surface area (Å²) < 4.78 is 0.608. The fourth-order valence-corrected chi connectivity index (χ4v) is 6.40. The molecule has 128 valence electrons. The Morgan fingerprint density at radius 1 is 0.708 bits per heavy atom. The summed E-state index contributed by atoms with van der Waals surface area (Å²) in [5.74, 6) is 3.18. The molecular formula is C22H28S2. The van der Waals surface area contributed by atoms with Gasteiger partial charge in [0.2, 0.25) is 0 Å². The molecule has 1 aliphatic rings. The van der Waals surface area contributed by atoms with E-state index in [2.05, 4.69) is 85.9 Å². The number of thioether (sulfide) groups is 2. The van der Waals surface area contributed by atoms with E-state index in [0.29, 0.717) is 10.5 Å². The van der Waals surface area contributed by atoms with Crippen molar-refractivity contribution in [2.24, 2.45) is 0 Å². The summed E-state index contributed by atoms with van der Waals surface area (Å²) >= 11 is 4.23. The molecule has 0 bridgehead atoms. The van der Waals surface area contributed by atoms with Gasteiger partial charge in [0.1, 0.15) is 0 Å². The molecule has 2 aromatic rings. The minimum Gasteiger partial charge on any atom is -0.142 e. The molecule has 3 rings (SSSR count). The number of hydrogen-bond acceptors (Lipinski definition) is 2. The van der Waals surface area contributed by atoms with Gasteiger partial charge in [-0.25, -0.2) is 0 Å². The first-order chi connectivity index (χ1) is 11.8. The molecule has 1 saturated heterocycles. The van der Waals surface area contributed by atoms with Crippen molar-refractivity contribution in [3.05, 3.63) is 70.8 Å². The van der Waals surface area contributed by atoms with Crippen LogP contribution < -0.4 is 0 Å². The van der Waals surface area contributed by atoms with Crippen molar-refractivity contribution in [1.82, 2.24) is 0 Å². The first-order valence-electron chi connectivity index (χ1n) is 9.21. The summed E-state index contributed by atoms with van der Waals surface area (Å²) in [6.07, 6.45) is 4.85. The van der Waals surface area contributed by atoms with Crippen molar-refractivity contribution in [2.45, 2.75) is 50.0 Å². The first kappa shape index (κ1) is 17.9. The van der Waals surface area contributed by atoms with Crippen LogP contribution in [0.2, 0.25) is 0 Å². The summed E-state index contributed by atoms with van der Waals surface area (Å²) in [5, 5.41) is 0. The predicted octanol–water partition coefficient (Wildman–Crippen LogP) is 6.85. The topological polar surface area (TPSA) is 0 Å². The van der Waals surface area contributed by atoms with Gasteiger partial charge in [-0.3, -0.25) is 0 Å². The highest BCUT2D eigenvalue weighted by atomic mass is 32.2. The number of hydrogen-bond donors (Lipinski definition) is 0. The van der Waals surface area contributed by atoms with Gasteiger partial charge in [0, 0.05) is 17.4 Å². The zero-order valence-corrected chi connectivity index (χ0v) is 16.5. The number of rotatable bonds is 6. The van der Waals surface area contributed by atoms with Crippen LogP contribution in [-0.4, -0.2) is 11.5 Å². The normalized spacial score (nSPS) is 20.9. The molecule has 0 nitrogen and oxygen atoms in total. The van der Waals surface area contributed by atoms with E-state index in [1.807, 2.05) is 0 Å². The first-order valence-corrected chi connectivity index (χ1v) is 11.3. The zero-order valence-electron chi connectivity index (χ0n) is 14.8. The third-order valence-corrected chi connectivity index (χ3v) is 7.83. The molecule has 2 aromatic carbocycles. The Labute approximate surface area is 155 Å². The van der Waals surface area contributed by atoms with Gasteiger partial charge in [0.15, 0.2) is 0 Å². The summed E-state index contributed by atoms with van der Waals surface area (Å²) in [6, 6.07) is 18.7. The van der Waals surface area contributed by atoms with E-state index in [9.17, 15) is 0 Å². The van der Waals surface area contributed by atoms with Crippen LogP contribution in [0.1, 0.15) is 59.4 Å². The van der Waals surface area contributed by atoms with E-state index < -0.39 is 0 Å². The maximum absolute atomic E-state index is 2.36. The standard InChI is InChI=1S/C22H28S2/c1-3-5-17-7-11-19(12-8-17)21-15-23-22(24-16-21)20-13-9-18(6-4-2)10-14-20/h7-14,21-22H,3-6,15-16H2,1-2H3. The van der Waals surface area contributed by atoms with Crippen LogP contribution in [0.15, 0.2) is 48.5 Å². The highest BCUT2D eigenvalue weighted by molar-refractivity contribution is 8.17. The molecule has 0 aliphatic carbocycles. The van der Waals surface area contributed by atoms with Gasteiger partial charge in [-0.05, 0) is 35.1 Å². The van der Waals surface area contributed by atoms with Gasteiger partial charge in [-0.2, -0.15) is 0 Å². The molecule has 0 spiro atoms. The molecule has 0 saturated carbocycles. The van der Waals surface area contributed by atoms with E-state index in [4.69, 9.17) is 0 Å². The lowest BCUT2D eigenvalue weighted by atomic mass is 10.00. The number of benzene rings is 2. The van der Waals surface area contributed by atoms with E-state index >= 15 is 0 Å². The van der Waals surface area contributed by atoms with Crippen molar-refractivity contribution in [3.63, 3.8) is 0 Å². The lowest BCUT2D eigenvalue weighted by molar-refractivity contribution is 0.876. The molecule has 0 radical (unpaired) electrons. The lowest BCUT2D eigenvalue weighted by Gasteiger charge is -2.28. The van der Waals surface area contributed by atoms with Crippen molar-refractivity contribution in [3.8, 4) is 0 Å². The highest BCUT2D eigenvalue weighted by Gasteiger charge is 2.24. The average Bonchev–Trinajstić information content (AvgIpc) is 2.64. The molecular weight excluding hydrogens is 328 g/mol. The fourth-order valence-electron chi connectivity index (χ4n) is 3.26. The Hall–Kier alpha value is -0.860. The highest BCUT2D eigenvalue weighted by Crippen LogP contribution is 2.47. The molecule has 1 fully saturated rings. The monoisotopic (exact) mass is 356 g/mol. The van der Waals surface area contributed by atoms with Crippen molar-refractivity contribution in [1.29, 1.82) is 0 Å². The van der Waals surface area contributed by atoms with Gasteiger partial charge in [0.25, 0.3) is 0 Å². The molecule has 0 amide bonds. The quantitative estimate of drug-likeness (QED) is 0.555. The molecule has 2 heteroatoms. The maximum Gasteiger partial charge on any atom is 0.0751 e. The Balaban J connectivity index is 1.56. The van der Waals surface area contributed by atoms with Crippen LogP contribution >= 0.6 is 23.5 Å². The molecule has 1 aliphatic heterocycles. The van der Waals surface area contributed by atoms with E-state index in [-0.39, 0.29) is 0 Å². The third kappa shape index (κ3) is 4.61. The predicted molar refractivity (Wildman–Crippen MR) is 111 cm³/mol. The van der Waals surface area contributed by atoms with Crippen LogP contribution in [0.25, 0.3) is 0 Å².